The van der Waals surface area contributed by atoms with Crippen molar-refractivity contribution in [2.24, 2.45) is 4.99 Å². The number of benzene rings is 2. The maximum Gasteiger partial charge on any atom is 0.259 e. The van der Waals surface area contributed by atoms with Crippen molar-refractivity contribution in [3.63, 3.8) is 0 Å². The van der Waals surface area contributed by atoms with Gasteiger partial charge >= 0.3 is 0 Å². The van der Waals surface area contributed by atoms with Crippen molar-refractivity contribution in [2.45, 2.75) is 12.7 Å². The Morgan fingerprint density at radius 2 is 2.00 bits per heavy atom. The molecule has 25 heavy (non-hydrogen) atoms. The number of nitrogens with zero attached hydrogens (tertiary/aromatic N) is 2. The minimum absolute atomic E-state index is 0.0969. The van der Waals surface area contributed by atoms with E-state index in [2.05, 4.69) is 4.99 Å². The summed E-state index contributed by atoms with van der Waals surface area (Å²) in [6.07, 6.45) is 0. The number of halogens is 1. The summed E-state index contributed by atoms with van der Waals surface area (Å²) in [5.41, 5.74) is 1.19. The summed E-state index contributed by atoms with van der Waals surface area (Å²) in [5, 5.41) is 0.641. The normalized spacial score (nSPS) is 13.7. The third-order valence-corrected chi connectivity index (χ3v) is 4.84. The van der Waals surface area contributed by atoms with Crippen molar-refractivity contribution in [2.75, 3.05) is 19.7 Å². The first-order valence-electron chi connectivity index (χ1n) is 8.14. The Labute approximate surface area is 150 Å². The van der Waals surface area contributed by atoms with Crippen LogP contribution in [-0.4, -0.2) is 35.7 Å². The first-order chi connectivity index (χ1) is 12.2. The molecule has 3 rings (SSSR count). The Hall–Kier alpha value is -2.34. The summed E-state index contributed by atoms with van der Waals surface area (Å²) >= 11 is 1.38. The van der Waals surface area contributed by atoms with Gasteiger partial charge in [0, 0.05) is 17.9 Å². The van der Waals surface area contributed by atoms with Gasteiger partial charge in [0.25, 0.3) is 5.91 Å². The molecule has 0 aromatic heterocycles. The predicted octanol–water partition coefficient (Wildman–Crippen LogP) is 3.97. The first-order valence-corrected chi connectivity index (χ1v) is 9.13. The first kappa shape index (κ1) is 17.5. The van der Waals surface area contributed by atoms with E-state index in [-0.39, 0.29) is 11.7 Å². The maximum atomic E-state index is 13.7. The maximum absolute atomic E-state index is 13.7. The van der Waals surface area contributed by atoms with Crippen molar-refractivity contribution in [3.8, 4) is 5.75 Å². The van der Waals surface area contributed by atoms with Crippen LogP contribution in [0, 0.1) is 5.82 Å². The summed E-state index contributed by atoms with van der Waals surface area (Å²) in [4.78, 5) is 18.8. The van der Waals surface area contributed by atoms with Gasteiger partial charge in [-0.1, -0.05) is 30.0 Å². The summed E-state index contributed by atoms with van der Waals surface area (Å²) in [5.74, 6) is 0.847. The van der Waals surface area contributed by atoms with Crippen molar-refractivity contribution in [1.82, 2.24) is 4.90 Å². The van der Waals surface area contributed by atoms with Gasteiger partial charge in [-0.05, 0) is 42.8 Å². The number of amides is 1. The Bertz CT molecular complexity index is 777. The van der Waals surface area contributed by atoms with Crippen LogP contribution in [0.5, 0.6) is 5.75 Å². The predicted molar refractivity (Wildman–Crippen MR) is 98.6 cm³/mol. The van der Waals surface area contributed by atoms with Gasteiger partial charge in [-0.15, -0.1) is 0 Å². The minimum atomic E-state index is -0.238. The van der Waals surface area contributed by atoms with Crippen LogP contribution in [-0.2, 0) is 5.75 Å². The van der Waals surface area contributed by atoms with E-state index in [1.54, 1.807) is 47.4 Å². The molecule has 0 spiro atoms. The lowest BCUT2D eigenvalue weighted by molar-refractivity contribution is 0.0860. The van der Waals surface area contributed by atoms with Crippen LogP contribution in [0.2, 0.25) is 0 Å². The molecule has 4 nitrogen and oxygen atoms in total. The average Bonchev–Trinajstić information content (AvgIpc) is 3.10. The highest BCUT2D eigenvalue weighted by Gasteiger charge is 2.25. The molecule has 2 aromatic carbocycles. The van der Waals surface area contributed by atoms with E-state index in [4.69, 9.17) is 4.74 Å². The number of amidine groups is 1. The molecule has 0 atom stereocenters. The highest BCUT2D eigenvalue weighted by Crippen LogP contribution is 2.23. The lowest BCUT2D eigenvalue weighted by Gasteiger charge is -2.18. The van der Waals surface area contributed by atoms with E-state index in [0.717, 1.165) is 5.75 Å². The lowest BCUT2D eigenvalue weighted by Crippen LogP contribution is -2.32. The van der Waals surface area contributed by atoms with Crippen LogP contribution in [0.1, 0.15) is 22.8 Å². The van der Waals surface area contributed by atoms with Crippen molar-refractivity contribution < 1.29 is 13.9 Å². The van der Waals surface area contributed by atoms with Gasteiger partial charge in [-0.2, -0.15) is 0 Å². The van der Waals surface area contributed by atoms with Gasteiger partial charge in [-0.25, -0.2) is 4.39 Å². The monoisotopic (exact) mass is 358 g/mol. The van der Waals surface area contributed by atoms with Gasteiger partial charge in [-0.3, -0.25) is 14.7 Å². The SMILES string of the molecule is CCOc1ccc(C(=O)N2CCN=C2SCc2ccccc2F)cc1. The summed E-state index contributed by atoms with van der Waals surface area (Å²) in [6.45, 7) is 3.62. The number of hydrogen-bond acceptors (Lipinski definition) is 4. The van der Waals surface area contributed by atoms with E-state index in [1.807, 2.05) is 6.92 Å². The molecule has 0 unspecified atom stereocenters. The van der Waals surface area contributed by atoms with E-state index in [9.17, 15) is 9.18 Å². The standard InChI is InChI=1S/C19H19FN2O2S/c1-2-24-16-9-7-14(8-10-16)18(23)22-12-11-21-19(22)25-13-15-5-3-4-6-17(15)20/h3-10H,2,11-13H2,1H3. The third kappa shape index (κ3) is 4.20. The van der Waals surface area contributed by atoms with Gasteiger partial charge in [0.05, 0.1) is 13.2 Å². The zero-order chi connectivity index (χ0) is 17.6. The van der Waals surface area contributed by atoms with E-state index < -0.39 is 0 Å². The van der Waals surface area contributed by atoms with Gasteiger partial charge < -0.3 is 4.74 Å². The Morgan fingerprint density at radius 1 is 1.24 bits per heavy atom. The van der Waals surface area contributed by atoms with Crippen molar-refractivity contribution in [3.05, 3.63) is 65.5 Å². The molecule has 0 fully saturated rings. The molecular formula is C19H19FN2O2S. The largest absolute Gasteiger partial charge is 0.494 e. The number of carbonyl (C=O) groups excluding carboxylic acids is 1. The molecule has 6 heteroatoms. The van der Waals surface area contributed by atoms with Crippen LogP contribution in [0.4, 0.5) is 4.39 Å². The van der Waals surface area contributed by atoms with Gasteiger partial charge in [0.15, 0.2) is 5.17 Å². The molecule has 0 bridgehead atoms. The fraction of sp³-hybridized carbons (Fsp3) is 0.263. The van der Waals surface area contributed by atoms with Gasteiger partial charge in [0.2, 0.25) is 0 Å². The second kappa shape index (κ2) is 8.16. The molecule has 130 valence electrons. The summed E-state index contributed by atoms with van der Waals surface area (Å²) in [6, 6.07) is 13.7. The Balaban J connectivity index is 1.66. The highest BCUT2D eigenvalue weighted by atomic mass is 32.2. The van der Waals surface area contributed by atoms with Crippen molar-refractivity contribution >= 4 is 22.8 Å². The second-order valence-corrected chi connectivity index (χ2v) is 6.40. The smallest absolute Gasteiger partial charge is 0.259 e. The van der Waals surface area contributed by atoms with E-state index in [1.165, 1.54) is 17.8 Å². The molecule has 1 aliphatic heterocycles. The van der Waals surface area contributed by atoms with Crippen LogP contribution in [0.25, 0.3) is 0 Å². The van der Waals surface area contributed by atoms with Crippen LogP contribution < -0.4 is 4.74 Å². The molecule has 1 heterocycles. The average molecular weight is 358 g/mol. The zero-order valence-corrected chi connectivity index (χ0v) is 14.8. The number of rotatable bonds is 5. The summed E-state index contributed by atoms with van der Waals surface area (Å²) < 4.78 is 19.1. The number of aliphatic imine (C=N–C) groups is 1. The number of hydrogen-bond donors (Lipinski definition) is 0. The quantitative estimate of drug-likeness (QED) is 0.812. The fourth-order valence-corrected chi connectivity index (χ4v) is 3.54. The zero-order valence-electron chi connectivity index (χ0n) is 13.9. The fourth-order valence-electron chi connectivity index (χ4n) is 2.51. The second-order valence-electron chi connectivity index (χ2n) is 5.46. The molecule has 0 saturated carbocycles. The molecule has 0 radical (unpaired) electrons. The molecule has 0 N–H and O–H groups in total. The van der Waals surface area contributed by atoms with Gasteiger partial charge in [0.1, 0.15) is 11.6 Å². The molecule has 0 aliphatic carbocycles. The van der Waals surface area contributed by atoms with Crippen molar-refractivity contribution in [1.29, 1.82) is 0 Å². The van der Waals surface area contributed by atoms with Crippen LogP contribution in [0.15, 0.2) is 53.5 Å². The third-order valence-electron chi connectivity index (χ3n) is 3.77. The highest BCUT2D eigenvalue weighted by molar-refractivity contribution is 8.13. The summed E-state index contributed by atoms with van der Waals surface area (Å²) in [7, 11) is 0. The Kier molecular flexibility index (Phi) is 5.71. The number of ether oxygens (including phenoxy) is 1. The van der Waals surface area contributed by atoms with E-state index in [0.29, 0.717) is 41.7 Å². The molecular weight excluding hydrogens is 339 g/mol. The number of thioether (sulfide) groups is 1. The van der Waals surface area contributed by atoms with E-state index >= 15 is 0 Å². The minimum Gasteiger partial charge on any atom is -0.494 e. The van der Waals surface area contributed by atoms with Crippen LogP contribution >= 0.6 is 11.8 Å². The number of carbonyl (C=O) groups is 1. The lowest BCUT2D eigenvalue weighted by atomic mass is 10.2. The molecule has 2 aromatic rings. The molecule has 0 saturated heterocycles. The Morgan fingerprint density at radius 3 is 2.72 bits per heavy atom. The van der Waals surface area contributed by atoms with Crippen LogP contribution in [0.3, 0.4) is 0 Å². The molecule has 1 aliphatic rings. The molecule has 1 amide bonds. The topological polar surface area (TPSA) is 41.9 Å².